The Hall–Kier alpha value is -1.04. The standard InChI is InChI=1S/C8H6BClN2O3.C4H9N.W/c10-7-3-1-6(2-4-7)9(15-5-13)12-8(11)14;1-2-4-5-3-1;/h1,3-4H,(H3,11,12,14);5H,1-4H2;/q-2;;+2. The molecule has 2 amide bonds. The molecule has 21 heavy (non-hydrogen) atoms. The third-order valence-corrected chi connectivity index (χ3v) is 2.71. The third kappa shape index (κ3) is 8.76. The van der Waals surface area contributed by atoms with Crippen molar-refractivity contribution in [2.24, 2.45) is 5.73 Å². The van der Waals surface area contributed by atoms with E-state index < -0.39 is 13.1 Å². The summed E-state index contributed by atoms with van der Waals surface area (Å²) in [5.74, 6) is 0. The van der Waals surface area contributed by atoms with Crippen molar-refractivity contribution in [3.05, 3.63) is 29.3 Å². The van der Waals surface area contributed by atoms with Gasteiger partial charge < -0.3 is 25.7 Å². The first kappa shape index (κ1) is 20.0. The summed E-state index contributed by atoms with van der Waals surface area (Å²) in [4.78, 5) is 20.6. The van der Waals surface area contributed by atoms with Gasteiger partial charge in [0.2, 0.25) is 0 Å². The molecule has 9 heteroatoms. The second-order valence-electron chi connectivity index (χ2n) is 4.01. The summed E-state index contributed by atoms with van der Waals surface area (Å²) >= 11 is 5.64. The number of carbonyl (C=O) groups is 1. The van der Waals surface area contributed by atoms with Crippen LogP contribution >= 0.6 is 11.6 Å². The van der Waals surface area contributed by atoms with E-state index in [1.807, 2.05) is 0 Å². The van der Waals surface area contributed by atoms with Gasteiger partial charge in [0.15, 0.2) is 0 Å². The molecule has 6 nitrogen and oxygen atoms in total. The van der Waals surface area contributed by atoms with Crippen LogP contribution in [0.5, 0.6) is 0 Å². The van der Waals surface area contributed by atoms with Crippen molar-refractivity contribution in [1.82, 2.24) is 10.5 Å². The number of hydrogen-bond acceptors (Lipinski definition) is 4. The zero-order valence-corrected chi connectivity index (χ0v) is 14.9. The fourth-order valence-electron chi connectivity index (χ4n) is 1.55. The molecule has 0 aliphatic carbocycles. The molecule has 1 aromatic carbocycles. The van der Waals surface area contributed by atoms with Crippen LogP contribution in [-0.4, -0.2) is 32.6 Å². The number of amides is 2. The smallest absolute Gasteiger partial charge is 0.707 e. The van der Waals surface area contributed by atoms with E-state index in [0.29, 0.717) is 10.5 Å². The van der Waals surface area contributed by atoms with Crippen molar-refractivity contribution in [1.29, 1.82) is 0 Å². The van der Waals surface area contributed by atoms with E-state index in [1.54, 1.807) is 12.1 Å². The Labute approximate surface area is 143 Å². The zero-order valence-electron chi connectivity index (χ0n) is 11.2. The van der Waals surface area contributed by atoms with E-state index in [4.69, 9.17) is 17.3 Å². The third-order valence-electron chi connectivity index (χ3n) is 2.48. The monoisotopic (exact) mass is 479 g/mol. The predicted molar refractivity (Wildman–Crippen MR) is 77.3 cm³/mol. The molecule has 0 aromatic heterocycles. The number of nitrogens with one attached hydrogen (secondary N) is 2. The molecule has 0 unspecified atom stereocenters. The molecule has 0 saturated carbocycles. The number of urea groups is 1. The molecule has 1 aliphatic heterocycles. The van der Waals surface area contributed by atoms with Crippen LogP contribution in [0.25, 0.3) is 0 Å². The average Bonchev–Trinajstić information content (AvgIpc) is 2.98. The molecule has 1 heterocycles. The summed E-state index contributed by atoms with van der Waals surface area (Å²) in [5.41, 5.74) is 5.31. The number of hydrogen-bond donors (Lipinski definition) is 3. The van der Waals surface area contributed by atoms with Crippen LogP contribution in [0, 0.1) is 6.07 Å². The summed E-state index contributed by atoms with van der Waals surface area (Å²) < 4.78 is 4.49. The fraction of sp³-hybridized carbons (Fsp3) is 0.333. The molecule has 1 saturated heterocycles. The quantitative estimate of drug-likeness (QED) is 0.418. The van der Waals surface area contributed by atoms with Gasteiger partial charge in [0.1, 0.15) is 0 Å². The zero-order chi connectivity index (χ0) is 14.8. The van der Waals surface area contributed by atoms with Crippen LogP contribution in [0.1, 0.15) is 12.8 Å². The molecule has 0 spiro atoms. The maximum atomic E-state index is 10.6. The molecule has 0 bridgehead atoms. The van der Waals surface area contributed by atoms with Gasteiger partial charge in [-0.1, -0.05) is 11.5 Å². The number of primary amides is 1. The van der Waals surface area contributed by atoms with Gasteiger partial charge in [-0.05, 0) is 25.9 Å². The number of halogens is 1. The van der Waals surface area contributed by atoms with Gasteiger partial charge in [-0.15, -0.1) is 5.46 Å². The van der Waals surface area contributed by atoms with Gasteiger partial charge in [0.05, 0.1) is 0 Å². The normalized spacial score (nSPS) is 12.2. The molecule has 112 valence electrons. The minimum atomic E-state index is -1.00. The van der Waals surface area contributed by atoms with Gasteiger partial charge >= 0.3 is 34.1 Å². The maximum Gasteiger partial charge on any atom is 2.00 e. The van der Waals surface area contributed by atoms with Crippen molar-refractivity contribution < 1.29 is 35.3 Å². The van der Waals surface area contributed by atoms with Crippen molar-refractivity contribution in [2.75, 3.05) is 13.1 Å². The predicted octanol–water partition coefficient (Wildman–Crippen LogP) is -0.0452. The van der Waals surface area contributed by atoms with Gasteiger partial charge in [-0.25, -0.2) is 0 Å². The number of rotatable bonds is 4. The molecule has 0 radical (unpaired) electrons. The van der Waals surface area contributed by atoms with E-state index in [1.165, 1.54) is 38.5 Å². The molecular formula is C12H15BClN3O3W. The number of carbonyl (C=O) groups excluding carboxylic acids is 2. The minimum absolute atomic E-state index is 0. The van der Waals surface area contributed by atoms with Crippen LogP contribution in [0.3, 0.4) is 0 Å². The first-order chi connectivity index (χ1) is 9.63. The molecule has 1 aliphatic rings. The van der Waals surface area contributed by atoms with Crippen molar-refractivity contribution in [3.63, 3.8) is 0 Å². The number of nitrogens with two attached hydrogens (primary N) is 1. The van der Waals surface area contributed by atoms with Gasteiger partial charge in [-0.2, -0.15) is 35.9 Å². The molecule has 0 atom stereocenters. The van der Waals surface area contributed by atoms with Crippen LogP contribution in [0.2, 0.25) is 5.02 Å². The first-order valence-corrected chi connectivity index (χ1v) is 6.48. The van der Waals surface area contributed by atoms with Gasteiger partial charge in [0.25, 0.3) is 0 Å². The van der Waals surface area contributed by atoms with E-state index in [-0.39, 0.29) is 21.1 Å². The molecule has 4 N–H and O–H groups in total. The van der Waals surface area contributed by atoms with Crippen molar-refractivity contribution in [2.45, 2.75) is 12.8 Å². The van der Waals surface area contributed by atoms with E-state index >= 15 is 0 Å². The van der Waals surface area contributed by atoms with Crippen LogP contribution in [-0.2, 0) is 30.5 Å². The Bertz CT molecular complexity index is 425. The minimum Gasteiger partial charge on any atom is -0.707 e. The second kappa shape index (κ2) is 11.6. The second-order valence-corrected chi connectivity index (χ2v) is 4.45. The van der Waals surface area contributed by atoms with E-state index in [9.17, 15) is 9.59 Å². The Balaban J connectivity index is 0.000000562. The summed E-state index contributed by atoms with van der Waals surface area (Å²) in [7, 11) is -1.00. The summed E-state index contributed by atoms with van der Waals surface area (Å²) in [6.07, 6.45) is 2.78. The number of benzene rings is 1. The largest absolute Gasteiger partial charge is 2.00 e. The summed E-state index contributed by atoms with van der Waals surface area (Å²) in [5, 5.41) is 5.90. The average molecular weight is 479 g/mol. The Morgan fingerprint density at radius 3 is 2.52 bits per heavy atom. The molecule has 1 fully saturated rings. The summed E-state index contributed by atoms with van der Waals surface area (Å²) in [6.45, 7) is 3.71. The maximum absolute atomic E-state index is 10.6. The molecule has 2 rings (SSSR count). The summed E-state index contributed by atoms with van der Waals surface area (Å²) in [6, 6.07) is 6.48. The van der Waals surface area contributed by atoms with Gasteiger partial charge in [-0.3, -0.25) is 4.79 Å². The van der Waals surface area contributed by atoms with E-state index in [2.05, 4.69) is 21.3 Å². The van der Waals surface area contributed by atoms with E-state index in [0.717, 1.165) is 0 Å². The Morgan fingerprint density at radius 1 is 1.48 bits per heavy atom. The topological polar surface area (TPSA) is 93.4 Å². The van der Waals surface area contributed by atoms with Gasteiger partial charge in [0, 0.05) is 0 Å². The Morgan fingerprint density at radius 2 is 2.14 bits per heavy atom. The van der Waals surface area contributed by atoms with Crippen molar-refractivity contribution in [3.8, 4) is 0 Å². The first-order valence-electron chi connectivity index (χ1n) is 6.10. The van der Waals surface area contributed by atoms with Crippen LogP contribution < -0.4 is 21.7 Å². The molecular weight excluding hydrogens is 464 g/mol. The fourth-order valence-corrected chi connectivity index (χ4v) is 1.67. The SMILES string of the molecule is C1CCNC1.NC(=O)NB(O[C-]=O)c1[c-]cc(Cl)cc1.[W+2]. The van der Waals surface area contributed by atoms with Crippen LogP contribution in [0.15, 0.2) is 18.2 Å². The van der Waals surface area contributed by atoms with Crippen LogP contribution in [0.4, 0.5) is 4.79 Å². The van der Waals surface area contributed by atoms with Crippen molar-refractivity contribution >= 4 is 36.6 Å². The molecule has 1 aromatic rings. The Kier molecular flexibility index (Phi) is 11.0.